The van der Waals surface area contributed by atoms with Crippen molar-refractivity contribution in [3.8, 4) is 0 Å². The Morgan fingerprint density at radius 1 is 1.27 bits per heavy atom. The highest BCUT2D eigenvalue weighted by atomic mass is 28.4. The van der Waals surface area contributed by atoms with Gasteiger partial charge in [0.25, 0.3) is 0 Å². The van der Waals surface area contributed by atoms with E-state index in [0.29, 0.717) is 13.2 Å². The Morgan fingerprint density at radius 2 is 1.80 bits per heavy atom. The molecule has 6 heteroatoms. The molecule has 0 aromatic rings. The molecule has 0 saturated carbocycles. The van der Waals surface area contributed by atoms with Crippen molar-refractivity contribution in [3.63, 3.8) is 0 Å². The largest absolute Gasteiger partial charge is 0.533 e. The van der Waals surface area contributed by atoms with Crippen molar-refractivity contribution in [1.82, 2.24) is 0 Å². The van der Waals surface area contributed by atoms with Crippen LogP contribution < -0.4 is 0 Å². The fourth-order valence-corrected chi connectivity index (χ4v) is 3.68. The van der Waals surface area contributed by atoms with E-state index in [2.05, 4.69) is 6.92 Å². The van der Waals surface area contributed by atoms with Gasteiger partial charge in [0, 0.05) is 27.9 Å². The molecule has 0 N–H and O–H groups in total. The average Bonchev–Trinajstić information content (AvgIpc) is 3.09. The third kappa shape index (κ3) is 2.99. The summed E-state index contributed by atoms with van der Waals surface area (Å²) in [5.74, 6) is 0. The Kier molecular flexibility index (Phi) is 5.17. The van der Waals surface area contributed by atoms with E-state index < -0.39 is 8.80 Å². The molecule has 15 heavy (non-hydrogen) atoms. The highest BCUT2D eigenvalue weighted by molar-refractivity contribution is 6.62. The average molecular weight is 236 g/mol. The van der Waals surface area contributed by atoms with Crippen LogP contribution in [0.15, 0.2) is 0 Å². The van der Waals surface area contributed by atoms with E-state index in [-0.39, 0.29) is 11.8 Å². The molecule has 1 aliphatic heterocycles. The van der Waals surface area contributed by atoms with Crippen LogP contribution in [0.2, 0.25) is 0 Å². The van der Waals surface area contributed by atoms with E-state index in [9.17, 15) is 0 Å². The molecule has 2 atom stereocenters. The van der Waals surface area contributed by atoms with Gasteiger partial charge in [0.15, 0.2) is 5.73 Å². The molecule has 0 amide bonds. The second-order valence-corrected chi connectivity index (χ2v) is 6.38. The Labute approximate surface area is 92.0 Å². The normalized spacial score (nSPS) is 22.8. The Balaban J connectivity index is 2.65. The SMILES string of the molecule is CCCOC(C1CO1)[Si](OC)(OC)OC. The molecule has 1 heterocycles. The quantitative estimate of drug-likeness (QED) is 0.456. The predicted molar refractivity (Wildman–Crippen MR) is 56.6 cm³/mol. The zero-order valence-electron chi connectivity index (χ0n) is 9.82. The van der Waals surface area contributed by atoms with E-state index in [1.54, 1.807) is 21.3 Å². The van der Waals surface area contributed by atoms with E-state index in [4.69, 9.17) is 22.8 Å². The summed E-state index contributed by atoms with van der Waals surface area (Å²) >= 11 is 0. The van der Waals surface area contributed by atoms with E-state index >= 15 is 0 Å². The van der Waals surface area contributed by atoms with Crippen molar-refractivity contribution in [1.29, 1.82) is 0 Å². The number of rotatable bonds is 8. The molecule has 0 aromatic heterocycles. The van der Waals surface area contributed by atoms with Gasteiger partial charge in [-0.05, 0) is 6.42 Å². The molecule has 0 aromatic carbocycles. The molecule has 0 spiro atoms. The van der Waals surface area contributed by atoms with Crippen molar-refractivity contribution in [2.75, 3.05) is 34.5 Å². The highest BCUT2D eigenvalue weighted by Crippen LogP contribution is 2.27. The number of hydrogen-bond acceptors (Lipinski definition) is 5. The summed E-state index contributed by atoms with van der Waals surface area (Å²) in [6.45, 7) is 3.41. The molecule has 1 saturated heterocycles. The second kappa shape index (κ2) is 5.93. The van der Waals surface area contributed by atoms with Gasteiger partial charge in [-0.25, -0.2) is 0 Å². The minimum Gasteiger partial charge on any atom is -0.375 e. The Bertz CT molecular complexity index is 173. The van der Waals surface area contributed by atoms with Crippen LogP contribution in [-0.2, 0) is 22.8 Å². The molecule has 0 bridgehead atoms. The lowest BCUT2D eigenvalue weighted by Gasteiger charge is -2.31. The fraction of sp³-hybridized carbons (Fsp3) is 1.00. The van der Waals surface area contributed by atoms with Crippen molar-refractivity contribution in [2.45, 2.75) is 25.2 Å². The van der Waals surface area contributed by atoms with Crippen LogP contribution in [0, 0.1) is 0 Å². The summed E-state index contributed by atoms with van der Waals surface area (Å²) in [5.41, 5.74) is -0.211. The molecule has 1 rings (SSSR count). The topological polar surface area (TPSA) is 49.5 Å². The first-order valence-electron chi connectivity index (χ1n) is 5.12. The first-order valence-corrected chi connectivity index (χ1v) is 6.93. The van der Waals surface area contributed by atoms with Crippen LogP contribution in [0.5, 0.6) is 0 Å². The Morgan fingerprint density at radius 3 is 2.13 bits per heavy atom. The van der Waals surface area contributed by atoms with Gasteiger partial charge in [0.1, 0.15) is 6.10 Å². The summed E-state index contributed by atoms with van der Waals surface area (Å²) in [4.78, 5) is 0. The molecular weight excluding hydrogens is 216 g/mol. The third-order valence-corrected chi connectivity index (χ3v) is 5.34. The van der Waals surface area contributed by atoms with Gasteiger partial charge in [-0.15, -0.1) is 0 Å². The van der Waals surface area contributed by atoms with Crippen molar-refractivity contribution >= 4 is 8.80 Å². The first kappa shape index (κ1) is 13.1. The molecule has 5 nitrogen and oxygen atoms in total. The molecule has 0 aliphatic carbocycles. The number of ether oxygens (including phenoxy) is 2. The zero-order chi connectivity index (χ0) is 11.3. The fourth-order valence-electron chi connectivity index (χ4n) is 1.51. The van der Waals surface area contributed by atoms with E-state index in [1.807, 2.05) is 0 Å². The van der Waals surface area contributed by atoms with Gasteiger partial charge in [-0.3, -0.25) is 0 Å². The Hall–Kier alpha value is 0.0169. The minimum absolute atomic E-state index is 0.0584. The summed E-state index contributed by atoms with van der Waals surface area (Å²) < 4.78 is 27.1. The molecular formula is C9H20O5Si. The smallest absolute Gasteiger partial charge is 0.375 e. The zero-order valence-corrected chi connectivity index (χ0v) is 10.8. The van der Waals surface area contributed by atoms with Crippen molar-refractivity contribution < 1.29 is 22.8 Å². The summed E-state index contributed by atoms with van der Waals surface area (Å²) in [6, 6.07) is 0. The van der Waals surface area contributed by atoms with Crippen LogP contribution in [-0.4, -0.2) is 55.2 Å². The van der Waals surface area contributed by atoms with Crippen LogP contribution in [0.4, 0.5) is 0 Å². The van der Waals surface area contributed by atoms with E-state index in [0.717, 1.165) is 6.42 Å². The van der Waals surface area contributed by atoms with Crippen molar-refractivity contribution in [2.24, 2.45) is 0 Å². The number of hydrogen-bond donors (Lipinski definition) is 0. The maximum Gasteiger partial charge on any atom is 0.533 e. The number of epoxide rings is 1. The van der Waals surface area contributed by atoms with Crippen LogP contribution in [0.25, 0.3) is 0 Å². The molecule has 1 fully saturated rings. The standard InChI is InChI=1S/C9H20O5Si/c1-5-6-13-9(8-7-14-8)15(10-2,11-3)12-4/h8-9H,5-7H2,1-4H3. The monoisotopic (exact) mass is 236 g/mol. The van der Waals surface area contributed by atoms with E-state index in [1.165, 1.54) is 0 Å². The summed E-state index contributed by atoms with van der Waals surface area (Å²) in [7, 11) is 2.03. The van der Waals surface area contributed by atoms with Gasteiger partial charge >= 0.3 is 8.80 Å². The molecule has 2 unspecified atom stereocenters. The van der Waals surface area contributed by atoms with Crippen LogP contribution in [0.1, 0.15) is 13.3 Å². The molecule has 0 radical (unpaired) electrons. The lowest BCUT2D eigenvalue weighted by Crippen LogP contribution is -2.58. The maximum absolute atomic E-state index is 5.72. The van der Waals surface area contributed by atoms with Crippen molar-refractivity contribution in [3.05, 3.63) is 0 Å². The first-order chi connectivity index (χ1) is 7.24. The maximum atomic E-state index is 5.72. The predicted octanol–water partition coefficient (Wildman–Crippen LogP) is 0.598. The van der Waals surface area contributed by atoms with Crippen LogP contribution in [0.3, 0.4) is 0 Å². The molecule has 90 valence electrons. The van der Waals surface area contributed by atoms with Crippen LogP contribution >= 0.6 is 0 Å². The second-order valence-electron chi connectivity index (χ2n) is 3.38. The van der Waals surface area contributed by atoms with Gasteiger partial charge < -0.3 is 22.8 Å². The lowest BCUT2D eigenvalue weighted by atomic mass is 10.5. The third-order valence-electron chi connectivity index (χ3n) is 2.40. The minimum atomic E-state index is -2.73. The summed E-state index contributed by atoms with van der Waals surface area (Å²) in [6.07, 6.45) is 1.01. The van der Waals surface area contributed by atoms with Gasteiger partial charge in [0.2, 0.25) is 0 Å². The van der Waals surface area contributed by atoms with Gasteiger partial charge in [0.05, 0.1) is 6.61 Å². The molecule has 1 aliphatic rings. The lowest BCUT2D eigenvalue weighted by molar-refractivity contribution is 0.00135. The van der Waals surface area contributed by atoms with Gasteiger partial charge in [-0.1, -0.05) is 6.92 Å². The highest BCUT2D eigenvalue weighted by Gasteiger charge is 2.56. The summed E-state index contributed by atoms with van der Waals surface area (Å²) in [5, 5.41) is 0. The van der Waals surface area contributed by atoms with Gasteiger partial charge in [-0.2, -0.15) is 0 Å².